The summed E-state index contributed by atoms with van der Waals surface area (Å²) in [7, 11) is 0. The fraction of sp³-hybridized carbons (Fsp3) is 0.400. The van der Waals surface area contributed by atoms with Crippen molar-refractivity contribution in [1.29, 1.82) is 0 Å². The lowest BCUT2D eigenvalue weighted by molar-refractivity contribution is 0.331. The van der Waals surface area contributed by atoms with E-state index in [9.17, 15) is 4.79 Å². The molecule has 2 aromatic heterocycles. The van der Waals surface area contributed by atoms with Crippen molar-refractivity contribution < 1.29 is 0 Å². The second-order valence-corrected chi connectivity index (χ2v) is 4.51. The second kappa shape index (κ2) is 2.85. The summed E-state index contributed by atoms with van der Waals surface area (Å²) in [5.74, 6) is 0.370. The Morgan fingerprint density at radius 2 is 2.07 bits per heavy atom. The van der Waals surface area contributed by atoms with Crippen molar-refractivity contribution in [2.45, 2.75) is 26.3 Å². The van der Waals surface area contributed by atoms with E-state index in [0.29, 0.717) is 11.3 Å². The van der Waals surface area contributed by atoms with Gasteiger partial charge in [-0.1, -0.05) is 0 Å². The smallest absolute Gasteiger partial charge is 0.349 e. The van der Waals surface area contributed by atoms with E-state index in [-0.39, 0.29) is 11.2 Å². The van der Waals surface area contributed by atoms with Crippen LogP contribution in [0.5, 0.6) is 0 Å². The Morgan fingerprint density at radius 3 is 2.67 bits per heavy atom. The molecule has 0 aliphatic carbocycles. The van der Waals surface area contributed by atoms with Crippen LogP contribution in [0.3, 0.4) is 0 Å². The molecule has 2 rings (SSSR count). The summed E-state index contributed by atoms with van der Waals surface area (Å²) < 4.78 is 2.91. The summed E-state index contributed by atoms with van der Waals surface area (Å²) in [4.78, 5) is 12.0. The number of rotatable bonds is 0. The summed E-state index contributed by atoms with van der Waals surface area (Å²) in [5.41, 5.74) is 5.89. The first-order valence-corrected chi connectivity index (χ1v) is 4.77. The average molecular weight is 206 g/mol. The number of aromatic nitrogens is 3. The van der Waals surface area contributed by atoms with E-state index in [1.807, 2.05) is 20.8 Å². The Morgan fingerprint density at radius 1 is 1.40 bits per heavy atom. The number of nitrogens with two attached hydrogens (primary N) is 1. The molecule has 5 nitrogen and oxygen atoms in total. The van der Waals surface area contributed by atoms with Gasteiger partial charge in [0, 0.05) is 6.20 Å². The lowest BCUT2D eigenvalue weighted by Crippen LogP contribution is -2.39. The van der Waals surface area contributed by atoms with Gasteiger partial charge in [0.15, 0.2) is 5.82 Å². The molecule has 80 valence electrons. The molecule has 0 radical (unpaired) electrons. The SMILES string of the molecule is CC(C)(C)n1nc(N)c2cccn2c1=O. The van der Waals surface area contributed by atoms with Gasteiger partial charge in [0.25, 0.3) is 0 Å². The molecule has 0 amide bonds. The molecular weight excluding hydrogens is 192 g/mol. The molecule has 15 heavy (non-hydrogen) atoms. The maximum atomic E-state index is 12.0. The zero-order valence-corrected chi connectivity index (χ0v) is 9.06. The molecule has 5 heteroatoms. The molecule has 0 aromatic carbocycles. The largest absolute Gasteiger partial charge is 0.381 e. The van der Waals surface area contributed by atoms with Gasteiger partial charge in [-0.25, -0.2) is 9.48 Å². The summed E-state index contributed by atoms with van der Waals surface area (Å²) >= 11 is 0. The van der Waals surface area contributed by atoms with Crippen LogP contribution in [0.1, 0.15) is 20.8 Å². The van der Waals surface area contributed by atoms with Crippen LogP contribution < -0.4 is 11.4 Å². The number of anilines is 1. The van der Waals surface area contributed by atoms with Crippen molar-refractivity contribution in [3.8, 4) is 0 Å². The van der Waals surface area contributed by atoms with E-state index >= 15 is 0 Å². The second-order valence-electron chi connectivity index (χ2n) is 4.51. The summed E-state index contributed by atoms with van der Waals surface area (Å²) in [6, 6.07) is 3.55. The van der Waals surface area contributed by atoms with Gasteiger partial charge in [0.05, 0.1) is 11.1 Å². The molecule has 0 saturated heterocycles. The fourth-order valence-corrected chi connectivity index (χ4v) is 1.50. The number of nitrogens with zero attached hydrogens (tertiary/aromatic N) is 3. The molecule has 2 aromatic rings. The highest BCUT2D eigenvalue weighted by molar-refractivity contribution is 5.64. The van der Waals surface area contributed by atoms with E-state index in [4.69, 9.17) is 5.73 Å². The third-order valence-corrected chi connectivity index (χ3v) is 2.24. The first kappa shape index (κ1) is 9.76. The maximum absolute atomic E-state index is 12.0. The third-order valence-electron chi connectivity index (χ3n) is 2.24. The molecule has 0 fully saturated rings. The molecule has 0 spiro atoms. The maximum Gasteiger partial charge on any atom is 0.349 e. The van der Waals surface area contributed by atoms with Gasteiger partial charge in [-0.05, 0) is 32.9 Å². The van der Waals surface area contributed by atoms with Crippen molar-refractivity contribution in [3.63, 3.8) is 0 Å². The summed E-state index contributed by atoms with van der Waals surface area (Å²) in [5, 5.41) is 4.11. The van der Waals surface area contributed by atoms with Crippen molar-refractivity contribution in [1.82, 2.24) is 14.2 Å². The fourth-order valence-electron chi connectivity index (χ4n) is 1.50. The highest BCUT2D eigenvalue weighted by Crippen LogP contribution is 2.13. The lowest BCUT2D eigenvalue weighted by atomic mass is 10.1. The van der Waals surface area contributed by atoms with Gasteiger partial charge in [-0.15, -0.1) is 5.10 Å². The highest BCUT2D eigenvalue weighted by Gasteiger charge is 2.18. The predicted octanol–water partition coefficient (Wildman–Crippen LogP) is 0.833. The molecule has 0 atom stereocenters. The van der Waals surface area contributed by atoms with Crippen LogP contribution >= 0.6 is 0 Å². The zero-order valence-electron chi connectivity index (χ0n) is 9.06. The van der Waals surface area contributed by atoms with Gasteiger partial charge >= 0.3 is 5.69 Å². The zero-order chi connectivity index (χ0) is 11.2. The normalized spacial score (nSPS) is 12.2. The van der Waals surface area contributed by atoms with Crippen LogP contribution in [-0.2, 0) is 5.54 Å². The predicted molar refractivity (Wildman–Crippen MR) is 58.9 cm³/mol. The van der Waals surface area contributed by atoms with Gasteiger partial charge in [-0.3, -0.25) is 4.40 Å². The van der Waals surface area contributed by atoms with E-state index in [0.717, 1.165) is 0 Å². The molecular formula is C10H14N4O. The molecule has 2 heterocycles. The molecule has 0 aliphatic rings. The van der Waals surface area contributed by atoms with E-state index in [2.05, 4.69) is 5.10 Å². The Balaban J connectivity index is 2.90. The molecule has 0 aliphatic heterocycles. The highest BCUT2D eigenvalue weighted by atomic mass is 16.2. The Kier molecular flexibility index (Phi) is 1.86. The van der Waals surface area contributed by atoms with Gasteiger partial charge in [-0.2, -0.15) is 0 Å². The minimum Gasteiger partial charge on any atom is -0.381 e. The first-order valence-electron chi connectivity index (χ1n) is 4.77. The van der Waals surface area contributed by atoms with E-state index in [1.54, 1.807) is 18.3 Å². The average Bonchev–Trinajstić information content (AvgIpc) is 2.58. The quantitative estimate of drug-likeness (QED) is 0.694. The van der Waals surface area contributed by atoms with E-state index < -0.39 is 0 Å². The van der Waals surface area contributed by atoms with Gasteiger partial charge in [0.1, 0.15) is 0 Å². The van der Waals surface area contributed by atoms with Crippen LogP contribution in [0.15, 0.2) is 23.1 Å². The third kappa shape index (κ3) is 1.40. The molecule has 0 unspecified atom stereocenters. The van der Waals surface area contributed by atoms with Crippen molar-refractivity contribution >= 4 is 11.3 Å². The number of hydrogen-bond acceptors (Lipinski definition) is 3. The molecule has 0 saturated carbocycles. The van der Waals surface area contributed by atoms with Crippen LogP contribution in [-0.4, -0.2) is 14.2 Å². The van der Waals surface area contributed by atoms with Crippen LogP contribution in [0.4, 0.5) is 5.82 Å². The van der Waals surface area contributed by atoms with Crippen LogP contribution in [0.2, 0.25) is 0 Å². The van der Waals surface area contributed by atoms with Gasteiger partial charge < -0.3 is 5.73 Å². The van der Waals surface area contributed by atoms with Crippen LogP contribution in [0.25, 0.3) is 5.52 Å². The van der Waals surface area contributed by atoms with Crippen molar-refractivity contribution in [2.75, 3.05) is 5.73 Å². The monoisotopic (exact) mass is 206 g/mol. The standard InChI is InChI=1S/C10H14N4O/c1-10(2,3)14-9(15)13-6-4-5-7(13)8(11)12-14/h4-6H,1-3H3,(H2,11,12). The minimum atomic E-state index is -0.371. The summed E-state index contributed by atoms with van der Waals surface area (Å²) in [6.07, 6.45) is 1.69. The molecule has 2 N–H and O–H groups in total. The first-order chi connectivity index (χ1) is 6.91. The number of fused-ring (bicyclic) bond motifs is 1. The lowest BCUT2D eigenvalue weighted by Gasteiger charge is -2.20. The van der Waals surface area contributed by atoms with Crippen LogP contribution in [0, 0.1) is 0 Å². The Labute approximate surface area is 87.1 Å². The Bertz CT molecular complexity index is 559. The molecule has 0 bridgehead atoms. The van der Waals surface area contributed by atoms with Crippen molar-refractivity contribution in [2.24, 2.45) is 0 Å². The number of nitrogen functional groups attached to an aromatic ring is 1. The Hall–Kier alpha value is -1.78. The summed E-state index contributed by atoms with van der Waals surface area (Å²) in [6.45, 7) is 5.74. The van der Waals surface area contributed by atoms with Crippen molar-refractivity contribution in [3.05, 3.63) is 28.8 Å². The van der Waals surface area contributed by atoms with E-state index in [1.165, 1.54) is 9.08 Å². The minimum absolute atomic E-state index is 0.170. The topological polar surface area (TPSA) is 65.3 Å². The van der Waals surface area contributed by atoms with Gasteiger partial charge in [0.2, 0.25) is 0 Å². The number of hydrogen-bond donors (Lipinski definition) is 1.